The maximum absolute atomic E-state index is 11.6. The highest BCUT2D eigenvalue weighted by atomic mass is 16.7. The van der Waals surface area contributed by atoms with Gasteiger partial charge in [-0.15, -0.1) is 0 Å². The molecule has 0 aliphatic carbocycles. The Kier molecular flexibility index (Phi) is 3.57. The van der Waals surface area contributed by atoms with Crippen LogP contribution >= 0.6 is 0 Å². The van der Waals surface area contributed by atoms with Crippen molar-refractivity contribution < 1.29 is 19.0 Å². The zero-order chi connectivity index (χ0) is 13.1. The van der Waals surface area contributed by atoms with E-state index >= 15 is 0 Å². The van der Waals surface area contributed by atoms with Crippen molar-refractivity contribution in [1.29, 1.82) is 0 Å². The van der Waals surface area contributed by atoms with Gasteiger partial charge in [-0.3, -0.25) is 4.79 Å². The van der Waals surface area contributed by atoms with Crippen LogP contribution in [0.2, 0.25) is 0 Å². The van der Waals surface area contributed by atoms with Gasteiger partial charge in [0.05, 0.1) is 17.5 Å². The van der Waals surface area contributed by atoms with Crippen molar-refractivity contribution in [2.24, 2.45) is 0 Å². The zero-order valence-corrected chi connectivity index (χ0v) is 10.4. The van der Waals surface area contributed by atoms with Crippen LogP contribution in [0.3, 0.4) is 0 Å². The van der Waals surface area contributed by atoms with Crippen molar-refractivity contribution in [3.05, 3.63) is 12.1 Å². The van der Waals surface area contributed by atoms with Crippen LogP contribution in [-0.2, 0) is 9.53 Å². The van der Waals surface area contributed by atoms with E-state index in [-0.39, 0.29) is 25.4 Å². The highest BCUT2D eigenvalue weighted by Gasteiger charge is 2.17. The molecule has 1 aromatic carbocycles. The number of ether oxygens (including phenoxy) is 3. The summed E-state index contributed by atoms with van der Waals surface area (Å²) in [4.78, 5) is 11.6. The van der Waals surface area contributed by atoms with Crippen molar-refractivity contribution >= 4 is 17.3 Å². The highest BCUT2D eigenvalue weighted by Crippen LogP contribution is 2.38. The van der Waals surface area contributed by atoms with Gasteiger partial charge >= 0.3 is 0 Å². The van der Waals surface area contributed by atoms with E-state index < -0.39 is 0 Å². The fraction of sp³-hybridized carbons (Fsp3) is 0.417. The van der Waals surface area contributed by atoms with Crippen LogP contribution in [0.25, 0.3) is 0 Å². The van der Waals surface area contributed by atoms with E-state index in [2.05, 4.69) is 5.32 Å². The lowest BCUT2D eigenvalue weighted by Crippen LogP contribution is -2.21. The molecule has 1 heterocycles. The molecule has 0 atom stereocenters. The predicted molar refractivity (Wildman–Crippen MR) is 66.7 cm³/mol. The lowest BCUT2D eigenvalue weighted by atomic mass is 10.2. The maximum Gasteiger partial charge on any atom is 0.250 e. The summed E-state index contributed by atoms with van der Waals surface area (Å²) in [6.07, 6.45) is 0.00449. The number of anilines is 2. The first-order valence-electron chi connectivity index (χ1n) is 5.67. The van der Waals surface area contributed by atoms with E-state index in [1.165, 1.54) is 0 Å². The molecule has 0 saturated heterocycles. The molecule has 0 saturated carbocycles. The number of nitrogen functional groups attached to an aromatic ring is 1. The number of hydrogen-bond donors (Lipinski definition) is 2. The number of carbonyl (C=O) groups excluding carboxylic acids is 1. The number of nitrogens with one attached hydrogen (secondary N) is 1. The Balaban J connectivity index is 2.03. The number of benzene rings is 1. The van der Waals surface area contributed by atoms with Crippen molar-refractivity contribution in [3.63, 3.8) is 0 Å². The predicted octanol–water partition coefficient (Wildman–Crippen LogP) is 1.36. The second kappa shape index (κ2) is 5.14. The number of carbonyl (C=O) groups is 1. The fourth-order valence-electron chi connectivity index (χ4n) is 1.49. The van der Waals surface area contributed by atoms with Gasteiger partial charge in [-0.25, -0.2) is 0 Å². The van der Waals surface area contributed by atoms with Gasteiger partial charge in [0.25, 0.3) is 0 Å². The summed E-state index contributed by atoms with van der Waals surface area (Å²) in [5.74, 6) is 0.905. The van der Waals surface area contributed by atoms with E-state index in [0.717, 1.165) is 0 Å². The van der Waals surface area contributed by atoms with Crippen LogP contribution in [0.15, 0.2) is 12.1 Å². The third kappa shape index (κ3) is 2.84. The van der Waals surface area contributed by atoms with Gasteiger partial charge in [0.1, 0.15) is 6.61 Å². The number of rotatable bonds is 4. The molecule has 3 N–H and O–H groups in total. The molecule has 0 spiro atoms. The van der Waals surface area contributed by atoms with Gasteiger partial charge in [0.15, 0.2) is 11.5 Å². The third-order valence-corrected chi connectivity index (χ3v) is 2.37. The quantitative estimate of drug-likeness (QED) is 0.790. The second-order valence-corrected chi connectivity index (χ2v) is 4.20. The van der Waals surface area contributed by atoms with Crippen molar-refractivity contribution in [1.82, 2.24) is 0 Å². The van der Waals surface area contributed by atoms with E-state index in [1.807, 2.05) is 13.8 Å². The molecule has 1 aliphatic heterocycles. The molecule has 1 aliphatic rings. The van der Waals surface area contributed by atoms with Gasteiger partial charge in [0.2, 0.25) is 12.7 Å². The van der Waals surface area contributed by atoms with Crippen LogP contribution in [0.5, 0.6) is 11.5 Å². The van der Waals surface area contributed by atoms with Gasteiger partial charge < -0.3 is 25.3 Å². The molecular weight excluding hydrogens is 236 g/mol. The monoisotopic (exact) mass is 252 g/mol. The fourth-order valence-corrected chi connectivity index (χ4v) is 1.49. The second-order valence-electron chi connectivity index (χ2n) is 4.20. The molecule has 0 fully saturated rings. The molecule has 6 heteroatoms. The Morgan fingerprint density at radius 1 is 1.44 bits per heavy atom. The smallest absolute Gasteiger partial charge is 0.250 e. The summed E-state index contributed by atoms with van der Waals surface area (Å²) in [6, 6.07) is 3.27. The van der Waals surface area contributed by atoms with Gasteiger partial charge in [0, 0.05) is 12.1 Å². The number of nitrogens with two attached hydrogens (primary N) is 1. The first-order chi connectivity index (χ1) is 8.56. The minimum Gasteiger partial charge on any atom is -0.454 e. The molecular formula is C12H16N2O4. The van der Waals surface area contributed by atoms with Crippen LogP contribution < -0.4 is 20.5 Å². The lowest BCUT2D eigenvalue weighted by molar-refractivity contribution is -0.121. The van der Waals surface area contributed by atoms with Crippen molar-refractivity contribution in [2.45, 2.75) is 20.0 Å². The Labute approximate surface area is 105 Å². The van der Waals surface area contributed by atoms with E-state index in [4.69, 9.17) is 19.9 Å². The third-order valence-electron chi connectivity index (χ3n) is 2.37. The van der Waals surface area contributed by atoms with E-state index in [9.17, 15) is 4.79 Å². The minimum atomic E-state index is -0.255. The lowest BCUT2D eigenvalue weighted by Gasteiger charge is -2.10. The summed E-state index contributed by atoms with van der Waals surface area (Å²) in [7, 11) is 0. The standard InChI is InChI=1S/C12H16N2O4/c1-7(2)16-5-12(15)14-9-4-11-10(3-8(9)13)17-6-18-11/h3-4,7H,5-6,13H2,1-2H3,(H,14,15). The molecule has 6 nitrogen and oxygen atoms in total. The van der Waals surface area contributed by atoms with Crippen molar-refractivity contribution in [3.8, 4) is 11.5 Å². The first-order valence-corrected chi connectivity index (χ1v) is 5.67. The SMILES string of the molecule is CC(C)OCC(=O)Nc1cc2c(cc1N)OCO2. The van der Waals surface area contributed by atoms with Gasteiger partial charge in [-0.1, -0.05) is 0 Å². The Morgan fingerprint density at radius 3 is 2.78 bits per heavy atom. The Hall–Kier alpha value is -1.95. The average Bonchev–Trinajstić information content (AvgIpc) is 2.74. The first kappa shape index (κ1) is 12.5. The Morgan fingerprint density at radius 2 is 2.11 bits per heavy atom. The summed E-state index contributed by atoms with van der Waals surface area (Å²) in [6.45, 7) is 3.89. The van der Waals surface area contributed by atoms with Crippen LogP contribution in [-0.4, -0.2) is 25.4 Å². The zero-order valence-electron chi connectivity index (χ0n) is 10.4. The molecule has 18 heavy (non-hydrogen) atoms. The summed E-state index contributed by atoms with van der Waals surface area (Å²) >= 11 is 0. The normalized spacial score (nSPS) is 12.8. The Bertz CT molecular complexity index is 460. The number of hydrogen-bond acceptors (Lipinski definition) is 5. The van der Waals surface area contributed by atoms with E-state index in [1.54, 1.807) is 12.1 Å². The topological polar surface area (TPSA) is 82.8 Å². The van der Waals surface area contributed by atoms with Crippen LogP contribution in [0.1, 0.15) is 13.8 Å². The number of fused-ring (bicyclic) bond motifs is 1. The van der Waals surface area contributed by atoms with Crippen LogP contribution in [0, 0.1) is 0 Å². The summed E-state index contributed by atoms with van der Waals surface area (Å²) in [5.41, 5.74) is 6.73. The molecule has 0 radical (unpaired) electrons. The molecule has 1 amide bonds. The summed E-state index contributed by atoms with van der Waals surface area (Å²) in [5, 5.41) is 2.67. The highest BCUT2D eigenvalue weighted by molar-refractivity contribution is 5.95. The molecule has 2 rings (SSSR count). The molecule has 0 unspecified atom stereocenters. The summed E-state index contributed by atoms with van der Waals surface area (Å²) < 4.78 is 15.6. The molecule has 1 aromatic rings. The maximum atomic E-state index is 11.6. The van der Waals surface area contributed by atoms with Gasteiger partial charge in [-0.05, 0) is 13.8 Å². The number of amides is 1. The minimum absolute atomic E-state index is 0.00449. The van der Waals surface area contributed by atoms with Gasteiger partial charge in [-0.2, -0.15) is 0 Å². The molecule has 98 valence electrons. The molecule has 0 bridgehead atoms. The molecule has 0 aromatic heterocycles. The average molecular weight is 252 g/mol. The van der Waals surface area contributed by atoms with E-state index in [0.29, 0.717) is 22.9 Å². The largest absolute Gasteiger partial charge is 0.454 e. The van der Waals surface area contributed by atoms with Crippen LogP contribution in [0.4, 0.5) is 11.4 Å². The van der Waals surface area contributed by atoms with Crippen molar-refractivity contribution in [2.75, 3.05) is 24.5 Å².